The van der Waals surface area contributed by atoms with Crippen LogP contribution in [0.1, 0.15) is 37.4 Å². The Morgan fingerprint density at radius 3 is 2.28 bits per heavy atom. The van der Waals surface area contributed by atoms with Crippen molar-refractivity contribution >= 4 is 41.3 Å². The highest BCUT2D eigenvalue weighted by molar-refractivity contribution is 6.35. The number of rotatable bonds is 9. The van der Waals surface area contributed by atoms with Crippen LogP contribution in [0.3, 0.4) is 0 Å². The Labute approximate surface area is 235 Å². The van der Waals surface area contributed by atoms with Crippen molar-refractivity contribution in [1.29, 1.82) is 0 Å². The molecule has 0 aliphatic rings. The van der Waals surface area contributed by atoms with Crippen molar-refractivity contribution in [1.82, 2.24) is 5.43 Å². The molecule has 0 saturated carbocycles. The van der Waals surface area contributed by atoms with E-state index in [1.165, 1.54) is 13.3 Å². The van der Waals surface area contributed by atoms with E-state index < -0.39 is 11.9 Å². The number of nitrogens with one attached hydrogen (secondary N) is 1. The second-order valence-electron chi connectivity index (χ2n) is 8.41. The van der Waals surface area contributed by atoms with Gasteiger partial charge in [0.1, 0.15) is 12.4 Å². The predicted octanol–water partition coefficient (Wildman–Crippen LogP) is 6.87. The lowest BCUT2D eigenvalue weighted by atomic mass is 10.1. The van der Waals surface area contributed by atoms with Crippen molar-refractivity contribution in [2.45, 2.75) is 13.5 Å². The Morgan fingerprint density at radius 2 is 1.59 bits per heavy atom. The maximum Gasteiger partial charge on any atom is 0.343 e. The van der Waals surface area contributed by atoms with Crippen molar-refractivity contribution in [3.63, 3.8) is 0 Å². The van der Waals surface area contributed by atoms with Crippen LogP contribution in [0.15, 0.2) is 90.0 Å². The molecule has 198 valence electrons. The van der Waals surface area contributed by atoms with Crippen LogP contribution in [0.4, 0.5) is 0 Å². The number of ether oxygens (including phenoxy) is 3. The van der Waals surface area contributed by atoms with Crippen molar-refractivity contribution in [2.75, 3.05) is 7.11 Å². The van der Waals surface area contributed by atoms with E-state index in [1.807, 2.05) is 19.1 Å². The summed E-state index contributed by atoms with van der Waals surface area (Å²) >= 11 is 12.1. The molecule has 4 rings (SSSR count). The van der Waals surface area contributed by atoms with E-state index in [2.05, 4.69) is 10.5 Å². The van der Waals surface area contributed by atoms with Crippen molar-refractivity contribution in [3.8, 4) is 17.2 Å². The molecular weight excluding hydrogens is 539 g/mol. The van der Waals surface area contributed by atoms with E-state index in [1.54, 1.807) is 72.8 Å². The molecule has 1 N–H and O–H groups in total. The Morgan fingerprint density at radius 1 is 0.872 bits per heavy atom. The Hall–Kier alpha value is -4.33. The van der Waals surface area contributed by atoms with Crippen LogP contribution in [-0.2, 0) is 6.61 Å². The summed E-state index contributed by atoms with van der Waals surface area (Å²) in [4.78, 5) is 24.9. The van der Waals surface area contributed by atoms with Gasteiger partial charge in [-0.25, -0.2) is 10.2 Å². The van der Waals surface area contributed by atoms with E-state index in [-0.39, 0.29) is 12.4 Å². The topological polar surface area (TPSA) is 86.2 Å². The number of hydrogen-bond donors (Lipinski definition) is 1. The first-order chi connectivity index (χ1) is 18.8. The summed E-state index contributed by atoms with van der Waals surface area (Å²) in [6.45, 7) is 2.20. The second-order valence-corrected chi connectivity index (χ2v) is 9.26. The number of methoxy groups -OCH3 is 1. The van der Waals surface area contributed by atoms with Crippen molar-refractivity contribution < 1.29 is 23.8 Å². The average molecular weight is 563 g/mol. The van der Waals surface area contributed by atoms with Crippen LogP contribution in [0, 0.1) is 6.92 Å². The quantitative estimate of drug-likeness (QED) is 0.104. The minimum atomic E-state index is -0.493. The lowest BCUT2D eigenvalue weighted by Gasteiger charge is -2.10. The van der Waals surface area contributed by atoms with Gasteiger partial charge >= 0.3 is 5.97 Å². The fraction of sp³-hybridized carbons (Fsp3) is 0.100. The van der Waals surface area contributed by atoms with Gasteiger partial charge in [-0.2, -0.15) is 5.10 Å². The number of esters is 1. The fourth-order valence-corrected chi connectivity index (χ4v) is 3.89. The molecule has 0 atom stereocenters. The molecule has 0 spiro atoms. The van der Waals surface area contributed by atoms with Gasteiger partial charge in [-0.15, -0.1) is 0 Å². The van der Waals surface area contributed by atoms with Crippen molar-refractivity contribution in [2.24, 2.45) is 5.10 Å². The fourth-order valence-electron chi connectivity index (χ4n) is 3.43. The van der Waals surface area contributed by atoms with Crippen LogP contribution < -0.4 is 19.6 Å². The highest BCUT2D eigenvalue weighted by Gasteiger charge is 2.13. The third-order valence-corrected chi connectivity index (χ3v) is 6.17. The van der Waals surface area contributed by atoms with Gasteiger partial charge in [-0.05, 0) is 79.2 Å². The first kappa shape index (κ1) is 27.7. The molecule has 9 heteroatoms. The monoisotopic (exact) mass is 562 g/mol. The zero-order valence-electron chi connectivity index (χ0n) is 21.1. The third kappa shape index (κ3) is 7.60. The number of halogens is 2. The predicted molar refractivity (Wildman–Crippen MR) is 151 cm³/mol. The smallest absolute Gasteiger partial charge is 0.343 e. The van der Waals surface area contributed by atoms with Gasteiger partial charge in [0.25, 0.3) is 5.91 Å². The maximum absolute atomic E-state index is 12.5. The molecule has 7 nitrogen and oxygen atoms in total. The summed E-state index contributed by atoms with van der Waals surface area (Å²) in [6, 6.07) is 23.8. The molecule has 0 radical (unpaired) electrons. The van der Waals surface area contributed by atoms with Gasteiger partial charge in [0.15, 0.2) is 11.5 Å². The van der Waals surface area contributed by atoms with Crippen LogP contribution in [0.5, 0.6) is 17.2 Å². The van der Waals surface area contributed by atoms with Crippen molar-refractivity contribution in [3.05, 3.63) is 123 Å². The minimum Gasteiger partial charge on any atom is -0.493 e. The van der Waals surface area contributed by atoms with E-state index in [0.717, 1.165) is 11.1 Å². The number of nitrogens with zero attached hydrogens (tertiary/aromatic N) is 1. The molecule has 0 aromatic heterocycles. The zero-order chi connectivity index (χ0) is 27.8. The normalized spacial score (nSPS) is 10.8. The highest BCUT2D eigenvalue weighted by atomic mass is 35.5. The lowest BCUT2D eigenvalue weighted by Crippen LogP contribution is -2.17. The maximum atomic E-state index is 12.5. The van der Waals surface area contributed by atoms with Gasteiger partial charge in [-0.3, -0.25) is 4.79 Å². The number of carbonyl (C=O) groups is 2. The van der Waals surface area contributed by atoms with Crippen LogP contribution >= 0.6 is 23.2 Å². The van der Waals surface area contributed by atoms with E-state index in [4.69, 9.17) is 37.4 Å². The number of aryl methyl sites for hydroxylation is 1. The molecule has 4 aromatic carbocycles. The minimum absolute atomic E-state index is 0.263. The Balaban J connectivity index is 1.32. The van der Waals surface area contributed by atoms with Gasteiger partial charge in [0.2, 0.25) is 0 Å². The summed E-state index contributed by atoms with van der Waals surface area (Å²) in [5.41, 5.74) is 5.79. The zero-order valence-corrected chi connectivity index (χ0v) is 22.6. The number of amides is 1. The Kier molecular flexibility index (Phi) is 9.20. The largest absolute Gasteiger partial charge is 0.493 e. The number of hydrazone groups is 1. The molecule has 1 amide bonds. The average Bonchev–Trinajstić information content (AvgIpc) is 2.94. The SMILES string of the molecule is COc1cc(/C=N/NC(=O)c2ccc(OCc3ccc(Cl)cc3Cl)cc2)ccc1OC(=O)c1ccc(C)cc1. The number of hydrogen-bond acceptors (Lipinski definition) is 6. The summed E-state index contributed by atoms with van der Waals surface area (Å²) < 4.78 is 16.6. The van der Waals surface area contributed by atoms with Gasteiger partial charge in [-0.1, -0.05) is 47.0 Å². The standard InChI is InChI=1S/C30H24Cl2N2O5/c1-19-3-6-22(7-4-19)30(36)39-27-14-5-20(15-28(27)37-2)17-33-34-29(35)21-9-12-25(13-10-21)38-18-23-8-11-24(31)16-26(23)32/h3-17H,18H2,1-2H3,(H,34,35)/b33-17+. The van der Waals surface area contributed by atoms with Crippen LogP contribution in [0.2, 0.25) is 10.0 Å². The molecule has 0 fully saturated rings. The van der Waals surface area contributed by atoms with Crippen LogP contribution in [-0.4, -0.2) is 25.2 Å². The molecule has 0 aliphatic heterocycles. The first-order valence-electron chi connectivity index (χ1n) is 11.8. The summed E-state index contributed by atoms with van der Waals surface area (Å²) in [5, 5.41) is 5.08. The third-order valence-electron chi connectivity index (χ3n) is 5.58. The number of benzene rings is 4. The molecule has 39 heavy (non-hydrogen) atoms. The van der Waals surface area contributed by atoms with Gasteiger partial charge in [0, 0.05) is 21.2 Å². The van der Waals surface area contributed by atoms with E-state index >= 15 is 0 Å². The first-order valence-corrected chi connectivity index (χ1v) is 12.5. The lowest BCUT2D eigenvalue weighted by molar-refractivity contribution is 0.0729. The molecule has 0 unspecified atom stereocenters. The molecule has 0 bridgehead atoms. The highest BCUT2D eigenvalue weighted by Crippen LogP contribution is 2.28. The summed E-state index contributed by atoms with van der Waals surface area (Å²) in [5.74, 6) is 0.309. The Bertz CT molecular complexity index is 1500. The van der Waals surface area contributed by atoms with E-state index in [0.29, 0.717) is 38.2 Å². The van der Waals surface area contributed by atoms with Crippen LogP contribution in [0.25, 0.3) is 0 Å². The molecule has 4 aromatic rings. The van der Waals surface area contributed by atoms with E-state index in [9.17, 15) is 9.59 Å². The number of carbonyl (C=O) groups excluding carboxylic acids is 2. The molecular formula is C30H24Cl2N2O5. The van der Waals surface area contributed by atoms with Gasteiger partial charge in [0.05, 0.1) is 18.9 Å². The molecule has 0 aliphatic carbocycles. The summed E-state index contributed by atoms with van der Waals surface area (Å²) in [7, 11) is 1.47. The second kappa shape index (κ2) is 13.0. The summed E-state index contributed by atoms with van der Waals surface area (Å²) in [6.07, 6.45) is 1.46. The van der Waals surface area contributed by atoms with Gasteiger partial charge < -0.3 is 14.2 Å². The molecule has 0 saturated heterocycles. The molecule has 0 heterocycles.